The molecule has 1 aromatic rings. The van der Waals surface area contributed by atoms with Crippen LogP contribution in [0.1, 0.15) is 22.3 Å². The number of aliphatic carboxylic acids is 1. The number of carbonyl (C=O) groups is 2. The number of halogens is 3. The van der Waals surface area contributed by atoms with E-state index in [4.69, 9.17) is 19.9 Å². The summed E-state index contributed by atoms with van der Waals surface area (Å²) in [5, 5.41) is 16.0. The van der Waals surface area contributed by atoms with Crippen LogP contribution in [0.3, 0.4) is 0 Å². The minimum atomic E-state index is -5.08. The van der Waals surface area contributed by atoms with Crippen molar-refractivity contribution in [3.63, 3.8) is 0 Å². The number of alkyl halides is 3. The first-order valence-electron chi connectivity index (χ1n) is 9.38. The van der Waals surface area contributed by atoms with Gasteiger partial charge in [-0.15, -0.1) is 0 Å². The zero-order valence-electron chi connectivity index (χ0n) is 16.7. The van der Waals surface area contributed by atoms with E-state index in [0.29, 0.717) is 29.1 Å². The van der Waals surface area contributed by atoms with E-state index in [1.807, 2.05) is 4.90 Å². The number of nitriles is 1. The van der Waals surface area contributed by atoms with Gasteiger partial charge in [-0.25, -0.2) is 4.79 Å². The highest BCUT2D eigenvalue weighted by molar-refractivity contribution is 5.94. The second-order valence-corrected chi connectivity index (χ2v) is 7.59. The summed E-state index contributed by atoms with van der Waals surface area (Å²) < 4.78 is 37.7. The van der Waals surface area contributed by atoms with Crippen LogP contribution < -0.4 is 0 Å². The molecule has 3 rings (SSSR count). The van der Waals surface area contributed by atoms with Gasteiger partial charge >= 0.3 is 12.1 Å². The number of benzene rings is 1. The topological polar surface area (TPSA) is 93.9 Å². The second-order valence-electron chi connectivity index (χ2n) is 7.59. The van der Waals surface area contributed by atoms with Gasteiger partial charge in [-0.1, -0.05) is 0 Å². The van der Waals surface area contributed by atoms with Crippen LogP contribution in [0.4, 0.5) is 13.2 Å². The Morgan fingerprint density at radius 2 is 1.90 bits per heavy atom. The summed E-state index contributed by atoms with van der Waals surface area (Å²) in [5.41, 5.74) is 1.24. The predicted molar refractivity (Wildman–Crippen MR) is 101 cm³/mol. The minimum Gasteiger partial charge on any atom is -0.475 e. The van der Waals surface area contributed by atoms with Gasteiger partial charge in [0.2, 0.25) is 0 Å². The van der Waals surface area contributed by atoms with Crippen molar-refractivity contribution in [2.45, 2.75) is 18.7 Å². The van der Waals surface area contributed by atoms with E-state index in [1.54, 1.807) is 24.3 Å². The average Bonchev–Trinajstić information content (AvgIpc) is 3.08. The smallest absolute Gasteiger partial charge is 0.475 e. The van der Waals surface area contributed by atoms with Gasteiger partial charge in [-0.3, -0.25) is 4.79 Å². The molecule has 1 N–H and O–H groups in total. The van der Waals surface area contributed by atoms with Gasteiger partial charge < -0.3 is 19.6 Å². The maximum Gasteiger partial charge on any atom is 0.490 e. The largest absolute Gasteiger partial charge is 0.490 e. The van der Waals surface area contributed by atoms with E-state index in [0.717, 1.165) is 32.7 Å². The number of carboxylic acids is 1. The Hall–Kier alpha value is -2.64. The Kier molecular flexibility index (Phi) is 7.81. The fourth-order valence-electron chi connectivity index (χ4n) is 3.69. The average molecular weight is 427 g/mol. The van der Waals surface area contributed by atoms with Crippen molar-refractivity contribution in [1.82, 2.24) is 9.80 Å². The number of carboxylic acid groups (broad SMARTS) is 1. The highest BCUT2D eigenvalue weighted by Gasteiger charge is 2.42. The van der Waals surface area contributed by atoms with Crippen LogP contribution in [0, 0.1) is 23.2 Å². The molecule has 7 nitrogen and oxygen atoms in total. The molecule has 0 aromatic heterocycles. The summed E-state index contributed by atoms with van der Waals surface area (Å²) in [6.45, 7) is 3.26. The van der Waals surface area contributed by atoms with E-state index < -0.39 is 12.1 Å². The summed E-state index contributed by atoms with van der Waals surface area (Å²) >= 11 is 0. The molecule has 2 aliphatic rings. The first-order chi connectivity index (χ1) is 14.0. The van der Waals surface area contributed by atoms with Crippen LogP contribution in [0.5, 0.6) is 0 Å². The maximum atomic E-state index is 12.6. The number of likely N-dealkylation sites (tertiary alicyclic amines) is 1. The first kappa shape index (κ1) is 23.6. The van der Waals surface area contributed by atoms with Gasteiger partial charge in [0.15, 0.2) is 0 Å². The lowest BCUT2D eigenvalue weighted by Crippen LogP contribution is -2.45. The molecule has 0 unspecified atom stereocenters. The molecule has 3 atom stereocenters. The van der Waals surface area contributed by atoms with Gasteiger partial charge in [0.1, 0.15) is 0 Å². The normalized spacial score (nSPS) is 23.2. The monoisotopic (exact) mass is 427 g/mol. The van der Waals surface area contributed by atoms with Crippen LogP contribution in [-0.4, -0.2) is 79.4 Å². The number of carbonyl (C=O) groups excluding carboxylic acids is 1. The third kappa shape index (κ3) is 6.18. The molecule has 2 fully saturated rings. The summed E-state index contributed by atoms with van der Waals surface area (Å²) in [6, 6.07) is 8.96. The van der Waals surface area contributed by atoms with Crippen LogP contribution in [0.25, 0.3) is 0 Å². The molecule has 2 aliphatic heterocycles. The number of piperidine rings is 1. The Morgan fingerprint density at radius 1 is 1.30 bits per heavy atom. The van der Waals surface area contributed by atoms with E-state index in [9.17, 15) is 18.0 Å². The number of hydrogen-bond donors (Lipinski definition) is 1. The molecular weight excluding hydrogens is 403 g/mol. The van der Waals surface area contributed by atoms with Crippen molar-refractivity contribution in [3.8, 4) is 6.07 Å². The Bertz CT molecular complexity index is 790. The third-order valence-electron chi connectivity index (χ3n) is 5.13. The number of fused-ring (bicyclic) bond motifs is 1. The third-order valence-corrected chi connectivity index (χ3v) is 5.13. The summed E-state index contributed by atoms with van der Waals surface area (Å²) in [7, 11) is 4.14. The number of nitrogens with zero attached hydrogens (tertiary/aromatic N) is 3. The van der Waals surface area contributed by atoms with E-state index in [1.165, 1.54) is 0 Å². The van der Waals surface area contributed by atoms with Gasteiger partial charge in [0, 0.05) is 31.1 Å². The highest BCUT2D eigenvalue weighted by Crippen LogP contribution is 2.35. The van der Waals surface area contributed by atoms with Crippen LogP contribution in [-0.2, 0) is 9.53 Å². The first-order valence-corrected chi connectivity index (χ1v) is 9.38. The van der Waals surface area contributed by atoms with Crippen molar-refractivity contribution < 1.29 is 32.6 Å². The summed E-state index contributed by atoms with van der Waals surface area (Å²) in [6.07, 6.45) is -3.78. The molecule has 0 bridgehead atoms. The number of amides is 1. The standard InChI is InChI=1S/C18H23N3O2.C2HF3O2/c1-20(2)11-17-16-7-8-21(10-15(16)12-23-17)18(22)14-5-3-13(9-19)4-6-14;3-2(4,5)1(6)7/h3-6,15-17H,7-8,10-12H2,1-2H3;(H,6,7)/t15-,16-,17-;/m1./s1. The Morgan fingerprint density at radius 3 is 2.40 bits per heavy atom. The van der Waals surface area contributed by atoms with Gasteiger partial charge in [0.25, 0.3) is 5.91 Å². The van der Waals surface area contributed by atoms with Gasteiger partial charge in [-0.2, -0.15) is 18.4 Å². The molecule has 0 spiro atoms. The quantitative estimate of drug-likeness (QED) is 0.795. The molecule has 2 saturated heterocycles. The zero-order valence-corrected chi connectivity index (χ0v) is 16.7. The number of likely N-dealkylation sites (N-methyl/N-ethyl adjacent to an activating group) is 1. The predicted octanol–water partition coefficient (Wildman–Crippen LogP) is 2.23. The molecule has 0 radical (unpaired) electrons. The fraction of sp³-hybridized carbons (Fsp3) is 0.550. The number of hydrogen-bond acceptors (Lipinski definition) is 5. The molecule has 30 heavy (non-hydrogen) atoms. The molecule has 10 heteroatoms. The molecule has 1 amide bonds. The Labute approximate surface area is 172 Å². The second kappa shape index (κ2) is 9.91. The lowest BCUT2D eigenvalue weighted by atomic mass is 9.84. The summed E-state index contributed by atoms with van der Waals surface area (Å²) in [5.74, 6) is -1.70. The van der Waals surface area contributed by atoms with Gasteiger partial charge in [-0.05, 0) is 50.7 Å². The molecular formula is C20H24F3N3O4. The van der Waals surface area contributed by atoms with Crippen molar-refractivity contribution >= 4 is 11.9 Å². The molecule has 1 aromatic carbocycles. The van der Waals surface area contributed by atoms with Crippen LogP contribution in [0.2, 0.25) is 0 Å². The van der Waals surface area contributed by atoms with Crippen LogP contribution in [0.15, 0.2) is 24.3 Å². The molecule has 0 saturated carbocycles. The molecule has 164 valence electrons. The maximum absolute atomic E-state index is 12.6. The Balaban J connectivity index is 0.000000396. The zero-order chi connectivity index (χ0) is 22.5. The minimum absolute atomic E-state index is 0.0593. The van der Waals surface area contributed by atoms with E-state index in [-0.39, 0.29) is 5.91 Å². The fourth-order valence-corrected chi connectivity index (χ4v) is 3.69. The molecule has 0 aliphatic carbocycles. The number of rotatable bonds is 3. The molecule has 2 heterocycles. The van der Waals surface area contributed by atoms with E-state index in [2.05, 4.69) is 25.1 Å². The highest BCUT2D eigenvalue weighted by atomic mass is 19.4. The van der Waals surface area contributed by atoms with Crippen LogP contribution >= 0.6 is 0 Å². The van der Waals surface area contributed by atoms with Crippen molar-refractivity contribution in [2.75, 3.05) is 40.3 Å². The van der Waals surface area contributed by atoms with Crippen molar-refractivity contribution in [1.29, 1.82) is 5.26 Å². The van der Waals surface area contributed by atoms with E-state index >= 15 is 0 Å². The van der Waals surface area contributed by atoms with Gasteiger partial charge in [0.05, 0.1) is 24.3 Å². The van der Waals surface area contributed by atoms with Crippen molar-refractivity contribution in [3.05, 3.63) is 35.4 Å². The number of ether oxygens (including phenoxy) is 1. The SMILES string of the molecule is CN(C)C[C@H]1OC[C@H]2CN(C(=O)c3ccc(C#N)cc3)CC[C@H]21.O=C(O)C(F)(F)F. The van der Waals surface area contributed by atoms with Crippen molar-refractivity contribution in [2.24, 2.45) is 11.8 Å². The lowest BCUT2D eigenvalue weighted by molar-refractivity contribution is -0.192. The summed E-state index contributed by atoms with van der Waals surface area (Å²) in [4.78, 5) is 25.6. The lowest BCUT2D eigenvalue weighted by Gasteiger charge is -2.36.